The number of aryl methyl sites for hydroxylation is 1. The summed E-state index contributed by atoms with van der Waals surface area (Å²) in [7, 11) is 1.27. The summed E-state index contributed by atoms with van der Waals surface area (Å²) in [5.41, 5.74) is 1.17. The van der Waals surface area contributed by atoms with E-state index in [-0.39, 0.29) is 17.6 Å². The monoisotopic (exact) mass is 495 g/mol. The van der Waals surface area contributed by atoms with E-state index < -0.39 is 35.4 Å². The Labute approximate surface area is 205 Å². The predicted molar refractivity (Wildman–Crippen MR) is 129 cm³/mol. The van der Waals surface area contributed by atoms with Crippen molar-refractivity contribution in [1.82, 2.24) is 14.9 Å². The van der Waals surface area contributed by atoms with Crippen LogP contribution in [0.25, 0.3) is 11.0 Å². The maximum absolute atomic E-state index is 14.3. The largest absolute Gasteiger partial charge is 0.465 e. The number of rotatable bonds is 6. The maximum atomic E-state index is 14.3. The Morgan fingerprint density at radius 1 is 1.08 bits per heavy atom. The van der Waals surface area contributed by atoms with E-state index in [0.717, 1.165) is 11.1 Å². The number of methoxy groups -OCH3 is 1. The summed E-state index contributed by atoms with van der Waals surface area (Å²) in [5.74, 6) is -1.39. The first-order valence-electron chi connectivity index (χ1n) is 11.2. The molecular formula is C27H24F3N3O3. The van der Waals surface area contributed by atoms with Crippen molar-refractivity contribution in [3.8, 4) is 0 Å². The van der Waals surface area contributed by atoms with Gasteiger partial charge in [0.25, 0.3) is 5.91 Å². The van der Waals surface area contributed by atoms with E-state index in [0.29, 0.717) is 11.1 Å². The molecule has 0 saturated carbocycles. The lowest BCUT2D eigenvalue weighted by molar-refractivity contribution is -0.136. The third-order valence-corrected chi connectivity index (χ3v) is 5.92. The van der Waals surface area contributed by atoms with Crippen LogP contribution in [0.1, 0.15) is 56.1 Å². The van der Waals surface area contributed by atoms with Crippen LogP contribution in [0, 0.1) is 6.92 Å². The Kier molecular flexibility index (Phi) is 6.83. The third kappa shape index (κ3) is 4.95. The zero-order valence-corrected chi connectivity index (χ0v) is 19.9. The summed E-state index contributed by atoms with van der Waals surface area (Å²) < 4.78 is 48.9. The van der Waals surface area contributed by atoms with Crippen molar-refractivity contribution in [2.24, 2.45) is 0 Å². The number of fused-ring (bicyclic) bond motifs is 1. The number of amides is 1. The maximum Gasteiger partial charge on any atom is 0.419 e. The van der Waals surface area contributed by atoms with Gasteiger partial charge in [-0.1, -0.05) is 42.0 Å². The molecule has 2 aromatic carbocycles. The van der Waals surface area contributed by atoms with Gasteiger partial charge in [0.15, 0.2) is 0 Å². The number of carbonyl (C=O) groups is 2. The van der Waals surface area contributed by atoms with E-state index in [1.54, 1.807) is 25.1 Å². The Balaban J connectivity index is 1.77. The van der Waals surface area contributed by atoms with Gasteiger partial charge in [-0.15, -0.1) is 0 Å². The predicted octanol–water partition coefficient (Wildman–Crippen LogP) is 5.69. The van der Waals surface area contributed by atoms with Crippen LogP contribution in [-0.2, 0) is 17.5 Å². The highest BCUT2D eigenvalue weighted by molar-refractivity contribution is 6.01. The van der Waals surface area contributed by atoms with Crippen LogP contribution in [0.3, 0.4) is 0 Å². The molecule has 0 fully saturated rings. The van der Waals surface area contributed by atoms with Gasteiger partial charge in [-0.2, -0.15) is 13.2 Å². The van der Waals surface area contributed by atoms with E-state index in [9.17, 15) is 22.8 Å². The van der Waals surface area contributed by atoms with Crippen LogP contribution >= 0.6 is 0 Å². The lowest BCUT2D eigenvalue weighted by Crippen LogP contribution is -2.31. The number of ether oxygens (including phenoxy) is 1. The smallest absolute Gasteiger partial charge is 0.419 e. The number of halogens is 3. The lowest BCUT2D eigenvalue weighted by atomic mass is 10.1. The topological polar surface area (TPSA) is 73.2 Å². The van der Waals surface area contributed by atoms with Gasteiger partial charge in [-0.05, 0) is 49.2 Å². The second-order valence-corrected chi connectivity index (χ2v) is 8.48. The second kappa shape index (κ2) is 9.85. The van der Waals surface area contributed by atoms with E-state index >= 15 is 0 Å². The van der Waals surface area contributed by atoms with Crippen LogP contribution in [-0.4, -0.2) is 28.5 Å². The van der Waals surface area contributed by atoms with E-state index in [1.807, 2.05) is 25.1 Å². The number of hydrogen-bond donors (Lipinski definition) is 1. The van der Waals surface area contributed by atoms with Gasteiger partial charge in [-0.25, -0.2) is 9.78 Å². The molecular weight excluding hydrogens is 471 g/mol. The highest BCUT2D eigenvalue weighted by atomic mass is 19.4. The molecule has 36 heavy (non-hydrogen) atoms. The molecule has 1 N–H and O–H groups in total. The zero-order chi connectivity index (χ0) is 26.0. The van der Waals surface area contributed by atoms with Gasteiger partial charge < -0.3 is 14.6 Å². The van der Waals surface area contributed by atoms with Crippen LogP contribution < -0.4 is 5.32 Å². The lowest BCUT2D eigenvalue weighted by Gasteiger charge is -2.18. The molecule has 0 saturated heterocycles. The summed E-state index contributed by atoms with van der Waals surface area (Å²) in [6.07, 6.45) is -3.38. The molecule has 0 aliphatic carbocycles. The Bertz CT molecular complexity index is 1430. The Morgan fingerprint density at radius 3 is 2.44 bits per heavy atom. The summed E-state index contributed by atoms with van der Waals surface area (Å²) in [6, 6.07) is 15.8. The normalized spacial score (nSPS) is 12.4. The van der Waals surface area contributed by atoms with E-state index in [1.165, 1.54) is 42.1 Å². The van der Waals surface area contributed by atoms with E-state index in [2.05, 4.69) is 15.0 Å². The minimum absolute atomic E-state index is 0.0379. The van der Waals surface area contributed by atoms with Crippen LogP contribution in [0.5, 0.6) is 0 Å². The molecule has 4 rings (SSSR count). The highest BCUT2D eigenvalue weighted by Gasteiger charge is 2.41. The fourth-order valence-corrected chi connectivity index (χ4v) is 4.22. The molecule has 9 heteroatoms. The van der Waals surface area contributed by atoms with Crippen LogP contribution in [0.15, 0.2) is 66.9 Å². The molecule has 1 atom stereocenters. The number of esters is 1. The van der Waals surface area contributed by atoms with Crippen molar-refractivity contribution >= 4 is 22.9 Å². The van der Waals surface area contributed by atoms with Gasteiger partial charge in [0.1, 0.15) is 11.3 Å². The Morgan fingerprint density at radius 2 is 1.81 bits per heavy atom. The first kappa shape index (κ1) is 25.0. The number of nitrogens with one attached hydrogen (secondary N) is 1. The van der Waals surface area contributed by atoms with Crippen molar-refractivity contribution in [2.75, 3.05) is 7.11 Å². The molecule has 0 spiro atoms. The molecule has 0 bridgehead atoms. The van der Waals surface area contributed by atoms with Gasteiger partial charge >= 0.3 is 12.1 Å². The van der Waals surface area contributed by atoms with Gasteiger partial charge in [0.05, 0.1) is 24.3 Å². The SMILES string of the molecule is COC(=O)c1ccc([C@H](C)NC(=O)c2c(C(F)(F)F)c3cccnc3n2Cc2cccc(C)c2)cc1. The van der Waals surface area contributed by atoms with Crippen molar-refractivity contribution in [3.63, 3.8) is 0 Å². The number of hydrogen-bond acceptors (Lipinski definition) is 4. The molecule has 0 radical (unpaired) electrons. The van der Waals surface area contributed by atoms with E-state index in [4.69, 9.17) is 0 Å². The van der Waals surface area contributed by atoms with Gasteiger partial charge in [-0.3, -0.25) is 4.79 Å². The first-order chi connectivity index (χ1) is 17.1. The quantitative estimate of drug-likeness (QED) is 0.349. The van der Waals surface area contributed by atoms with Crippen LogP contribution in [0.4, 0.5) is 13.2 Å². The van der Waals surface area contributed by atoms with Gasteiger partial charge in [0.2, 0.25) is 0 Å². The molecule has 2 heterocycles. The molecule has 6 nitrogen and oxygen atoms in total. The highest BCUT2D eigenvalue weighted by Crippen LogP contribution is 2.39. The van der Waals surface area contributed by atoms with Crippen molar-refractivity contribution in [2.45, 2.75) is 32.6 Å². The number of nitrogens with zero attached hydrogens (tertiary/aromatic N) is 2. The zero-order valence-electron chi connectivity index (χ0n) is 19.9. The summed E-state index contributed by atoms with van der Waals surface area (Å²) in [6.45, 7) is 3.58. The molecule has 0 aliphatic heterocycles. The molecule has 186 valence electrons. The number of alkyl halides is 3. The molecule has 0 unspecified atom stereocenters. The average Bonchev–Trinajstić information content (AvgIpc) is 3.18. The molecule has 4 aromatic rings. The minimum atomic E-state index is -4.78. The van der Waals surface area contributed by atoms with Crippen molar-refractivity contribution in [3.05, 3.63) is 100 Å². The standard InChI is InChI=1S/C27H24F3N3O3/c1-16-6-4-7-18(14-16)15-33-23(22(27(28,29)30)21-8-5-13-31-24(21)33)25(34)32-17(2)19-9-11-20(12-10-19)26(35)36-3/h4-14,17H,15H2,1-3H3,(H,32,34)/t17-/m0/s1. The Hall–Kier alpha value is -4.14. The van der Waals surface area contributed by atoms with Crippen molar-refractivity contribution in [1.29, 1.82) is 0 Å². The average molecular weight is 496 g/mol. The number of carbonyl (C=O) groups excluding carboxylic acids is 2. The van der Waals surface area contributed by atoms with Crippen LogP contribution in [0.2, 0.25) is 0 Å². The summed E-state index contributed by atoms with van der Waals surface area (Å²) in [5, 5.41) is 2.54. The first-order valence-corrected chi connectivity index (χ1v) is 11.2. The molecule has 1 amide bonds. The minimum Gasteiger partial charge on any atom is -0.465 e. The number of pyridine rings is 1. The molecule has 2 aromatic heterocycles. The molecule has 0 aliphatic rings. The fourth-order valence-electron chi connectivity index (χ4n) is 4.22. The number of aromatic nitrogens is 2. The fraction of sp³-hybridized carbons (Fsp3) is 0.222. The van der Waals surface area contributed by atoms with Gasteiger partial charge in [0, 0.05) is 18.1 Å². The summed E-state index contributed by atoms with van der Waals surface area (Å²) in [4.78, 5) is 29.3. The summed E-state index contributed by atoms with van der Waals surface area (Å²) >= 11 is 0. The van der Waals surface area contributed by atoms with Crippen molar-refractivity contribution < 1.29 is 27.5 Å². The third-order valence-electron chi connectivity index (χ3n) is 5.92. The number of benzene rings is 2. The second-order valence-electron chi connectivity index (χ2n) is 8.48.